The van der Waals surface area contributed by atoms with Crippen LogP contribution in [-0.2, 0) is 19.2 Å². The van der Waals surface area contributed by atoms with Crippen molar-refractivity contribution in [3.63, 3.8) is 0 Å². The summed E-state index contributed by atoms with van der Waals surface area (Å²) in [6.07, 6.45) is 0.167. The number of hydrogen-bond donors (Lipinski definition) is 0. The van der Waals surface area contributed by atoms with Crippen molar-refractivity contribution in [3.8, 4) is 0 Å². The van der Waals surface area contributed by atoms with Gasteiger partial charge in [0, 0.05) is 0 Å². The fourth-order valence-electron chi connectivity index (χ4n) is 0.701. The summed E-state index contributed by atoms with van der Waals surface area (Å²) in [7, 11) is 0. The summed E-state index contributed by atoms with van der Waals surface area (Å²) in [4.78, 5) is 40.1. The first-order valence-corrected chi connectivity index (χ1v) is 4.23. The molecule has 0 radical (unpaired) electrons. The van der Waals surface area contributed by atoms with Gasteiger partial charge in [0.15, 0.2) is 0 Å². The number of hydrogen-bond acceptors (Lipinski definition) is 4. The van der Waals surface area contributed by atoms with Gasteiger partial charge in [-0.25, -0.2) is 0 Å². The monoisotopic (exact) mass is 208 g/mol. The molecular weight excluding hydrogens is 191 g/mol. The number of rotatable bonds is 4. The van der Waals surface area contributed by atoms with E-state index in [1.165, 1.54) is 27.7 Å². The van der Waals surface area contributed by atoms with Gasteiger partial charge in [-0.3, -0.25) is 19.2 Å². The van der Waals surface area contributed by atoms with Crippen LogP contribution in [0.1, 0.15) is 42.0 Å². The molecule has 15 heavy (non-hydrogen) atoms. The normalized spacial score (nSPS) is 7.73. The Morgan fingerprint density at radius 3 is 0.800 bits per heavy atom. The van der Waals surface area contributed by atoms with Crippen molar-refractivity contribution in [2.24, 2.45) is 0 Å². The van der Waals surface area contributed by atoms with Crippen molar-refractivity contribution in [1.82, 2.24) is 0 Å². The van der Waals surface area contributed by atoms with Gasteiger partial charge in [0.25, 0.3) is 0 Å². The first-order valence-electron chi connectivity index (χ1n) is 4.23. The maximum Gasteiger partial charge on any atom is 1.00 e. The van der Waals surface area contributed by atoms with E-state index >= 15 is 0 Å². The van der Waals surface area contributed by atoms with E-state index in [9.17, 15) is 19.2 Å². The van der Waals surface area contributed by atoms with Gasteiger partial charge in [0.2, 0.25) is 0 Å². The molecule has 0 N–H and O–H groups in total. The largest absolute Gasteiger partial charge is 1.00 e. The van der Waals surface area contributed by atoms with E-state index in [-0.39, 0.29) is 56.3 Å². The first kappa shape index (κ1) is 19.8. The molecule has 82 valence electrons. The number of Topliss-reactive ketones (excluding diaryl/α,β-unsaturated/α-hetero) is 4. The molecule has 0 aliphatic rings. The number of carbonyl (C=O) groups is 4. The van der Waals surface area contributed by atoms with Gasteiger partial charge in [0.1, 0.15) is 23.1 Å². The third-order valence-corrected chi connectivity index (χ3v) is 0.996. The standard InChI is InChI=1S/2C5H8O2.Li.H/c2*1-4(6)3-5(2)7;;/h2*3H2,1-2H3;;/q;;+1;-1. The van der Waals surface area contributed by atoms with E-state index in [1.807, 2.05) is 0 Å². The predicted molar refractivity (Wildman–Crippen MR) is 53.1 cm³/mol. The Bertz CT molecular complexity index is 201. The molecule has 0 fully saturated rings. The Balaban J connectivity index is -0.0000000800. The molecule has 0 aromatic heterocycles. The Labute approximate surface area is 103 Å². The third kappa shape index (κ3) is 31.9. The molecule has 0 atom stereocenters. The van der Waals surface area contributed by atoms with Crippen LogP contribution in [-0.4, -0.2) is 23.1 Å². The molecule has 0 unspecified atom stereocenters. The second-order valence-electron chi connectivity index (χ2n) is 3.16. The van der Waals surface area contributed by atoms with Crippen molar-refractivity contribution < 1.29 is 39.5 Å². The SMILES string of the molecule is CC(=O)CC(C)=O.CC(=O)CC(C)=O.[H-].[Li+]. The average Bonchev–Trinajstić information content (AvgIpc) is 1.79. The third-order valence-electron chi connectivity index (χ3n) is 0.996. The fourth-order valence-corrected chi connectivity index (χ4v) is 0.701. The zero-order chi connectivity index (χ0) is 11.7. The minimum atomic E-state index is -0.0625. The smallest absolute Gasteiger partial charge is 1.00 e. The first-order chi connectivity index (χ1) is 6.25. The van der Waals surface area contributed by atoms with Gasteiger partial charge in [-0.1, -0.05) is 0 Å². The molecule has 0 bridgehead atoms. The topological polar surface area (TPSA) is 68.3 Å². The second-order valence-corrected chi connectivity index (χ2v) is 3.16. The van der Waals surface area contributed by atoms with E-state index in [0.29, 0.717) is 0 Å². The quantitative estimate of drug-likeness (QED) is 0.405. The second kappa shape index (κ2) is 11.4. The molecular formula is C10H17LiO4. The van der Waals surface area contributed by atoms with Crippen LogP contribution < -0.4 is 18.9 Å². The van der Waals surface area contributed by atoms with Crippen LogP contribution in [0.3, 0.4) is 0 Å². The molecule has 5 heteroatoms. The Hall–Kier alpha value is -0.723. The molecule has 0 aromatic carbocycles. The molecule has 0 aromatic rings. The van der Waals surface area contributed by atoms with Gasteiger partial charge in [-0.15, -0.1) is 0 Å². The van der Waals surface area contributed by atoms with Crippen LogP contribution >= 0.6 is 0 Å². The molecule has 0 saturated carbocycles. The summed E-state index contributed by atoms with van der Waals surface area (Å²) >= 11 is 0. The van der Waals surface area contributed by atoms with E-state index in [4.69, 9.17) is 0 Å². The van der Waals surface area contributed by atoms with Gasteiger partial charge < -0.3 is 1.43 Å². The minimum Gasteiger partial charge on any atom is -1.00 e. The zero-order valence-corrected chi connectivity index (χ0v) is 10.0. The molecule has 4 nitrogen and oxygen atoms in total. The average molecular weight is 208 g/mol. The van der Waals surface area contributed by atoms with Crippen molar-refractivity contribution in [2.75, 3.05) is 0 Å². The fraction of sp³-hybridized carbons (Fsp3) is 0.600. The number of carbonyl (C=O) groups excluding carboxylic acids is 4. The van der Waals surface area contributed by atoms with Gasteiger partial charge in [0.05, 0.1) is 12.8 Å². The minimum absolute atomic E-state index is 0. The van der Waals surface area contributed by atoms with Crippen molar-refractivity contribution in [3.05, 3.63) is 0 Å². The summed E-state index contributed by atoms with van der Waals surface area (Å²) in [5, 5.41) is 0. The summed E-state index contributed by atoms with van der Waals surface area (Å²) in [6.45, 7) is 5.62. The van der Waals surface area contributed by atoms with E-state index < -0.39 is 0 Å². The number of ketones is 4. The van der Waals surface area contributed by atoms with E-state index in [0.717, 1.165) is 0 Å². The Morgan fingerprint density at radius 2 is 0.800 bits per heavy atom. The van der Waals surface area contributed by atoms with Crippen LogP contribution in [0, 0.1) is 0 Å². The summed E-state index contributed by atoms with van der Waals surface area (Å²) < 4.78 is 0. The van der Waals surface area contributed by atoms with E-state index in [2.05, 4.69) is 0 Å². The molecule has 0 aliphatic carbocycles. The van der Waals surface area contributed by atoms with Crippen molar-refractivity contribution in [2.45, 2.75) is 40.5 Å². The van der Waals surface area contributed by atoms with Crippen LogP contribution in [0.25, 0.3) is 0 Å². The van der Waals surface area contributed by atoms with Gasteiger partial charge in [-0.2, -0.15) is 0 Å². The van der Waals surface area contributed by atoms with Crippen LogP contribution in [0.2, 0.25) is 0 Å². The van der Waals surface area contributed by atoms with E-state index in [1.54, 1.807) is 0 Å². The van der Waals surface area contributed by atoms with Crippen molar-refractivity contribution in [1.29, 1.82) is 0 Å². The van der Waals surface area contributed by atoms with Gasteiger partial charge >= 0.3 is 18.9 Å². The predicted octanol–water partition coefficient (Wildman–Crippen LogP) is -1.77. The van der Waals surface area contributed by atoms with Crippen LogP contribution in [0.15, 0.2) is 0 Å². The Kier molecular flexibility index (Phi) is 15.0. The molecule has 0 spiro atoms. The maximum absolute atomic E-state index is 10.0. The molecule has 0 saturated heterocycles. The van der Waals surface area contributed by atoms with Crippen molar-refractivity contribution >= 4 is 23.1 Å². The summed E-state index contributed by atoms with van der Waals surface area (Å²) in [6, 6.07) is 0. The summed E-state index contributed by atoms with van der Waals surface area (Å²) in [5.74, 6) is -0.250. The van der Waals surface area contributed by atoms with Crippen LogP contribution in [0.4, 0.5) is 0 Å². The molecule has 0 rings (SSSR count). The Morgan fingerprint density at radius 1 is 0.667 bits per heavy atom. The molecule has 0 aliphatic heterocycles. The molecule has 0 heterocycles. The summed E-state index contributed by atoms with van der Waals surface area (Å²) in [5.41, 5.74) is 0. The zero-order valence-electron chi connectivity index (χ0n) is 11.0. The maximum atomic E-state index is 10.0. The molecule has 0 amide bonds. The van der Waals surface area contributed by atoms with Crippen LogP contribution in [0.5, 0.6) is 0 Å². The van der Waals surface area contributed by atoms with Gasteiger partial charge in [-0.05, 0) is 27.7 Å².